The van der Waals surface area contributed by atoms with Crippen LogP contribution in [-0.4, -0.2) is 54.3 Å². The van der Waals surface area contributed by atoms with Gasteiger partial charge in [0.15, 0.2) is 0 Å². The molecule has 32 heavy (non-hydrogen) atoms. The Labute approximate surface area is 188 Å². The molecule has 0 unspecified atom stereocenters. The molecule has 1 saturated heterocycles. The van der Waals surface area contributed by atoms with Gasteiger partial charge in [0.25, 0.3) is 11.8 Å². The van der Waals surface area contributed by atoms with E-state index < -0.39 is 0 Å². The maximum absolute atomic E-state index is 12.5. The molecule has 168 valence electrons. The van der Waals surface area contributed by atoms with E-state index in [1.54, 1.807) is 24.3 Å². The second-order valence-electron chi connectivity index (χ2n) is 8.72. The van der Waals surface area contributed by atoms with Crippen molar-refractivity contribution in [3.8, 4) is 0 Å². The fourth-order valence-corrected chi connectivity index (χ4v) is 3.96. The van der Waals surface area contributed by atoms with Crippen LogP contribution in [0.25, 0.3) is 0 Å². The number of nitrogens with zero attached hydrogens (tertiary/aromatic N) is 1. The van der Waals surface area contributed by atoms with Crippen LogP contribution in [0.3, 0.4) is 0 Å². The van der Waals surface area contributed by atoms with Crippen molar-refractivity contribution in [2.75, 3.05) is 25.0 Å². The summed E-state index contributed by atoms with van der Waals surface area (Å²) in [7, 11) is 0. The maximum atomic E-state index is 12.5. The van der Waals surface area contributed by atoms with E-state index in [1.807, 2.05) is 31.2 Å². The van der Waals surface area contributed by atoms with Gasteiger partial charge < -0.3 is 16.0 Å². The summed E-state index contributed by atoms with van der Waals surface area (Å²) in [5.41, 5.74) is 2.86. The van der Waals surface area contributed by atoms with E-state index in [2.05, 4.69) is 20.9 Å². The van der Waals surface area contributed by atoms with Gasteiger partial charge in [-0.25, -0.2) is 0 Å². The SMILES string of the molecule is Cc1ccccc1C(=O)NC1CCN(CC(=O)Nc2cccc(C(=O)NC3CC3)c2)CC1. The predicted molar refractivity (Wildman–Crippen MR) is 124 cm³/mol. The van der Waals surface area contributed by atoms with Crippen LogP contribution in [0.4, 0.5) is 5.69 Å². The summed E-state index contributed by atoms with van der Waals surface area (Å²) >= 11 is 0. The lowest BCUT2D eigenvalue weighted by Gasteiger charge is -2.32. The molecule has 1 aliphatic heterocycles. The van der Waals surface area contributed by atoms with Crippen molar-refractivity contribution >= 4 is 23.4 Å². The molecule has 0 aromatic heterocycles. The Balaban J connectivity index is 1.22. The summed E-state index contributed by atoms with van der Waals surface area (Å²) in [6, 6.07) is 15.0. The molecule has 0 atom stereocenters. The van der Waals surface area contributed by atoms with Crippen LogP contribution in [0.15, 0.2) is 48.5 Å². The smallest absolute Gasteiger partial charge is 0.251 e. The van der Waals surface area contributed by atoms with Crippen LogP contribution in [-0.2, 0) is 4.79 Å². The second-order valence-corrected chi connectivity index (χ2v) is 8.72. The standard InChI is InChI=1S/C25H30N4O3/c1-17-5-2-3-8-22(17)25(32)28-20-11-13-29(14-12-20)16-23(30)26-21-7-4-6-18(15-21)24(31)27-19-9-10-19/h2-8,15,19-20H,9-14,16H2,1H3,(H,26,30)(H,27,31)(H,28,32). The number of hydrogen-bond donors (Lipinski definition) is 3. The highest BCUT2D eigenvalue weighted by atomic mass is 16.2. The van der Waals surface area contributed by atoms with Gasteiger partial charge in [0.1, 0.15) is 0 Å². The monoisotopic (exact) mass is 434 g/mol. The average Bonchev–Trinajstić information content (AvgIpc) is 3.59. The molecule has 4 rings (SSSR count). The summed E-state index contributed by atoms with van der Waals surface area (Å²) in [5.74, 6) is -0.240. The maximum Gasteiger partial charge on any atom is 0.251 e. The van der Waals surface area contributed by atoms with Crippen LogP contribution in [0, 0.1) is 6.92 Å². The molecule has 2 fully saturated rings. The van der Waals surface area contributed by atoms with Crippen LogP contribution in [0.1, 0.15) is 52.0 Å². The van der Waals surface area contributed by atoms with Gasteiger partial charge in [-0.1, -0.05) is 24.3 Å². The first kappa shape index (κ1) is 22.0. The Kier molecular flexibility index (Phi) is 6.85. The van der Waals surface area contributed by atoms with E-state index in [9.17, 15) is 14.4 Å². The molecule has 2 aromatic carbocycles. The number of amides is 3. The van der Waals surface area contributed by atoms with E-state index in [0.717, 1.165) is 44.3 Å². The first-order chi connectivity index (χ1) is 15.5. The quantitative estimate of drug-likeness (QED) is 0.625. The molecule has 1 saturated carbocycles. The number of hydrogen-bond acceptors (Lipinski definition) is 4. The zero-order valence-electron chi connectivity index (χ0n) is 18.4. The normalized spacial score (nSPS) is 16.9. The van der Waals surface area contributed by atoms with Crippen molar-refractivity contribution in [2.45, 2.75) is 44.7 Å². The third-order valence-corrected chi connectivity index (χ3v) is 6.00. The van der Waals surface area contributed by atoms with Crippen molar-refractivity contribution in [3.63, 3.8) is 0 Å². The van der Waals surface area contributed by atoms with Crippen LogP contribution < -0.4 is 16.0 Å². The largest absolute Gasteiger partial charge is 0.349 e. The highest BCUT2D eigenvalue weighted by molar-refractivity contribution is 5.98. The third kappa shape index (κ3) is 5.95. The van der Waals surface area contributed by atoms with Crippen molar-refractivity contribution in [2.24, 2.45) is 0 Å². The molecule has 2 aliphatic rings. The fourth-order valence-electron chi connectivity index (χ4n) is 3.96. The molecule has 3 N–H and O–H groups in total. The average molecular weight is 435 g/mol. The van der Waals surface area contributed by atoms with Crippen molar-refractivity contribution < 1.29 is 14.4 Å². The number of rotatable bonds is 7. The topological polar surface area (TPSA) is 90.5 Å². The minimum atomic E-state index is -0.104. The Morgan fingerprint density at radius 3 is 2.28 bits per heavy atom. The molecule has 1 heterocycles. The molecule has 3 amide bonds. The molecule has 0 bridgehead atoms. The number of carbonyl (C=O) groups excluding carboxylic acids is 3. The van der Waals surface area contributed by atoms with Crippen LogP contribution >= 0.6 is 0 Å². The van der Waals surface area contributed by atoms with Gasteiger partial charge in [0.05, 0.1) is 6.54 Å². The number of piperidine rings is 1. The Morgan fingerprint density at radius 1 is 0.875 bits per heavy atom. The van der Waals surface area contributed by atoms with E-state index in [1.165, 1.54) is 0 Å². The van der Waals surface area contributed by atoms with E-state index in [-0.39, 0.29) is 30.3 Å². The molecule has 2 aromatic rings. The number of carbonyl (C=O) groups is 3. The van der Waals surface area contributed by atoms with Crippen molar-refractivity contribution in [3.05, 3.63) is 65.2 Å². The summed E-state index contributed by atoms with van der Waals surface area (Å²) < 4.78 is 0. The number of likely N-dealkylation sites (tertiary alicyclic amines) is 1. The molecule has 7 nitrogen and oxygen atoms in total. The lowest BCUT2D eigenvalue weighted by atomic mass is 10.0. The van der Waals surface area contributed by atoms with E-state index >= 15 is 0 Å². The number of aryl methyl sites for hydroxylation is 1. The molecule has 0 radical (unpaired) electrons. The van der Waals surface area contributed by atoms with Gasteiger partial charge in [0, 0.05) is 42.0 Å². The molecule has 0 spiro atoms. The lowest BCUT2D eigenvalue weighted by molar-refractivity contribution is -0.117. The molecule has 7 heteroatoms. The Bertz CT molecular complexity index is 994. The number of anilines is 1. The highest BCUT2D eigenvalue weighted by Gasteiger charge is 2.25. The van der Waals surface area contributed by atoms with Gasteiger partial charge in [-0.3, -0.25) is 19.3 Å². The van der Waals surface area contributed by atoms with E-state index in [4.69, 9.17) is 0 Å². The minimum Gasteiger partial charge on any atom is -0.349 e. The van der Waals surface area contributed by atoms with Gasteiger partial charge >= 0.3 is 0 Å². The highest BCUT2D eigenvalue weighted by Crippen LogP contribution is 2.20. The summed E-state index contributed by atoms with van der Waals surface area (Å²) in [5, 5.41) is 8.97. The van der Waals surface area contributed by atoms with Crippen molar-refractivity contribution in [1.29, 1.82) is 0 Å². The van der Waals surface area contributed by atoms with Crippen LogP contribution in [0.5, 0.6) is 0 Å². The zero-order chi connectivity index (χ0) is 22.5. The van der Waals surface area contributed by atoms with Crippen LogP contribution in [0.2, 0.25) is 0 Å². The summed E-state index contributed by atoms with van der Waals surface area (Å²) in [6.45, 7) is 3.72. The summed E-state index contributed by atoms with van der Waals surface area (Å²) in [4.78, 5) is 39.3. The zero-order valence-corrected chi connectivity index (χ0v) is 18.4. The minimum absolute atomic E-state index is 0.0371. The first-order valence-electron chi connectivity index (χ1n) is 11.3. The van der Waals surface area contributed by atoms with Gasteiger partial charge in [-0.2, -0.15) is 0 Å². The number of benzene rings is 2. The Morgan fingerprint density at radius 2 is 1.56 bits per heavy atom. The molecule has 1 aliphatic carbocycles. The molecular formula is C25H30N4O3. The summed E-state index contributed by atoms with van der Waals surface area (Å²) in [6.07, 6.45) is 3.69. The van der Waals surface area contributed by atoms with Crippen molar-refractivity contribution in [1.82, 2.24) is 15.5 Å². The predicted octanol–water partition coefficient (Wildman–Crippen LogP) is 2.72. The number of nitrogens with one attached hydrogen (secondary N) is 3. The van der Waals surface area contributed by atoms with Gasteiger partial charge in [0.2, 0.25) is 5.91 Å². The molecular weight excluding hydrogens is 404 g/mol. The van der Waals surface area contributed by atoms with E-state index in [0.29, 0.717) is 22.9 Å². The first-order valence-corrected chi connectivity index (χ1v) is 11.3. The van der Waals surface area contributed by atoms with Gasteiger partial charge in [-0.05, 0) is 62.4 Å². The lowest BCUT2D eigenvalue weighted by Crippen LogP contribution is -2.46. The Hall–Kier alpha value is -3.19. The third-order valence-electron chi connectivity index (χ3n) is 6.00. The fraction of sp³-hybridized carbons (Fsp3) is 0.400. The second kappa shape index (κ2) is 9.96. The van der Waals surface area contributed by atoms with Gasteiger partial charge in [-0.15, -0.1) is 0 Å².